The Morgan fingerprint density at radius 2 is 1.68 bits per heavy atom. The van der Waals surface area contributed by atoms with Crippen molar-refractivity contribution in [3.8, 4) is 40.2 Å². The van der Waals surface area contributed by atoms with Gasteiger partial charge in [0, 0.05) is 109 Å². The Labute approximate surface area is 418 Å². The molecule has 4 heterocycles. The number of piperidine rings is 1. The first-order valence-corrected chi connectivity index (χ1v) is 25.7. The summed E-state index contributed by atoms with van der Waals surface area (Å²) in [5.41, 5.74) is 1.85. The van der Waals surface area contributed by atoms with Gasteiger partial charge < -0.3 is 43.5 Å². The lowest BCUT2D eigenvalue weighted by Gasteiger charge is -2.63. The molecule has 3 N–H and O–H groups in total. The number of aryl methyl sites for hydroxylation is 1. The number of hydrogen-bond acceptors (Lipinski definition) is 13. The van der Waals surface area contributed by atoms with E-state index in [0.717, 1.165) is 25.9 Å². The fourth-order valence-electron chi connectivity index (χ4n) is 9.74. The average molecular weight is 1010 g/mol. The van der Waals surface area contributed by atoms with E-state index in [-0.39, 0.29) is 35.5 Å². The van der Waals surface area contributed by atoms with E-state index in [4.69, 9.17) is 35.3 Å². The van der Waals surface area contributed by atoms with Crippen molar-refractivity contribution in [2.75, 3.05) is 54.9 Å². The van der Waals surface area contributed by atoms with E-state index in [1.54, 1.807) is 87.3 Å². The normalized spacial score (nSPS) is 17.5. The topological polar surface area (TPSA) is 212 Å². The van der Waals surface area contributed by atoms with Crippen LogP contribution in [0, 0.1) is 22.2 Å². The Balaban J connectivity index is 0.742. The van der Waals surface area contributed by atoms with E-state index in [2.05, 4.69) is 63.7 Å². The van der Waals surface area contributed by atoms with Crippen LogP contribution in [0.25, 0.3) is 22.0 Å². The first kappa shape index (κ1) is 50.7. The van der Waals surface area contributed by atoms with E-state index in [1.807, 2.05) is 18.2 Å². The number of pyridine rings is 1. The molecule has 1 aliphatic carbocycles. The zero-order valence-corrected chi connectivity index (χ0v) is 42.2. The van der Waals surface area contributed by atoms with E-state index in [0.29, 0.717) is 106 Å². The maximum atomic E-state index is 13.4. The van der Waals surface area contributed by atoms with Crippen LogP contribution in [-0.2, 0) is 26.5 Å². The van der Waals surface area contributed by atoms with Crippen molar-refractivity contribution in [2.24, 2.45) is 17.9 Å². The van der Waals surface area contributed by atoms with Crippen molar-refractivity contribution >= 4 is 50.1 Å². The van der Waals surface area contributed by atoms with Crippen LogP contribution in [0.2, 0.25) is 5.02 Å². The Bertz CT molecular complexity index is 3070. The van der Waals surface area contributed by atoms with Gasteiger partial charge in [-0.15, -0.1) is 0 Å². The predicted octanol–water partition coefficient (Wildman–Crippen LogP) is 8.49. The minimum absolute atomic E-state index is 0.0851. The van der Waals surface area contributed by atoms with Gasteiger partial charge in [0.2, 0.25) is 16.0 Å². The van der Waals surface area contributed by atoms with Gasteiger partial charge in [0.25, 0.3) is 11.5 Å². The number of rotatable bonds is 20. The summed E-state index contributed by atoms with van der Waals surface area (Å²) in [5.74, 6) is 2.39. The second kappa shape index (κ2) is 21.4. The highest BCUT2D eigenvalue weighted by molar-refractivity contribution is 7.92. The highest BCUT2D eigenvalue weighted by Gasteiger charge is 2.64. The summed E-state index contributed by atoms with van der Waals surface area (Å²) >= 11 is 6.25. The lowest BCUT2D eigenvalue weighted by atomic mass is 9.49. The molecule has 8 rings (SSSR count). The van der Waals surface area contributed by atoms with Gasteiger partial charge in [0.15, 0.2) is 0 Å². The first-order chi connectivity index (χ1) is 34.0. The molecule has 19 heteroatoms. The van der Waals surface area contributed by atoms with Crippen molar-refractivity contribution in [1.82, 2.24) is 24.8 Å². The minimum Gasteiger partial charge on any atom is -0.493 e. The molecule has 2 aliphatic rings. The lowest BCUT2D eigenvalue weighted by Crippen LogP contribution is -2.74. The molecule has 1 amide bonds. The largest absolute Gasteiger partial charge is 0.493 e. The number of amides is 1. The summed E-state index contributed by atoms with van der Waals surface area (Å²) in [4.78, 5) is 40.5. The zero-order chi connectivity index (χ0) is 50.5. The molecule has 71 heavy (non-hydrogen) atoms. The van der Waals surface area contributed by atoms with Crippen LogP contribution < -0.4 is 34.7 Å². The number of carbonyl (C=O) groups excluding carboxylic acids is 1. The summed E-state index contributed by atoms with van der Waals surface area (Å²) in [5, 5.41) is 13.4. The van der Waals surface area contributed by atoms with E-state index in [1.165, 1.54) is 4.57 Å². The maximum Gasteiger partial charge on any atom is 0.274 e. The van der Waals surface area contributed by atoms with Gasteiger partial charge in [0.05, 0.1) is 47.8 Å². The molecule has 6 aromatic rings. The van der Waals surface area contributed by atoms with Crippen molar-refractivity contribution in [3.63, 3.8) is 0 Å². The summed E-state index contributed by atoms with van der Waals surface area (Å²) in [6, 6.07) is 21.0. The number of benzene rings is 3. The van der Waals surface area contributed by atoms with Crippen LogP contribution in [0.3, 0.4) is 0 Å². The average Bonchev–Trinajstić information content (AvgIpc) is 3.86. The standard InChI is InChI=1S/C52H59ClN8O9S/c1-7-71(64,65)59-35-13-15-44(41(26-35)42-32-60(6)47(63)45-40(42)16-19-55-45)69-38-11-8-10-37(27-38)67-23-9-22-66-24-25-68-36-17-20-61(21-18-36)50-56-30-34(31-57-50)46(62)58-48-51(2,3)49(52(48,4)5)70-39-14-12-33(29-54)43(53)28-39/h8,10-16,19,26-28,30-32,36,48-49,55,59H,7,9,17-18,20-25H2,1-6H3,(H,58,62). The maximum absolute atomic E-state index is 13.4. The smallest absolute Gasteiger partial charge is 0.274 e. The zero-order valence-electron chi connectivity index (χ0n) is 40.7. The van der Waals surface area contributed by atoms with E-state index >= 15 is 0 Å². The fraction of sp³-hybridized carbons (Fsp3) is 0.404. The summed E-state index contributed by atoms with van der Waals surface area (Å²) in [7, 11) is -1.89. The first-order valence-electron chi connectivity index (χ1n) is 23.6. The molecule has 0 unspecified atom stereocenters. The highest BCUT2D eigenvalue weighted by Crippen LogP contribution is 2.55. The molecule has 3 aromatic carbocycles. The SMILES string of the molecule is CCS(=O)(=O)Nc1ccc(Oc2cccc(OCCCOCCOC3CCN(c4ncc(C(=O)NC5C(C)(C)C(Oc6ccc(C#N)c(Cl)c6)C5(C)C)cn4)CC3)c2)c(-c2cn(C)c(=O)c3[nH]ccc23)c1. The van der Waals surface area contributed by atoms with Crippen LogP contribution in [0.15, 0.2) is 96.3 Å². The van der Waals surface area contributed by atoms with Crippen LogP contribution in [0.4, 0.5) is 11.6 Å². The molecule has 3 aromatic heterocycles. The number of carbonyl (C=O) groups is 1. The summed E-state index contributed by atoms with van der Waals surface area (Å²) in [6.07, 6.45) is 8.69. The summed E-state index contributed by atoms with van der Waals surface area (Å²) in [6.45, 7) is 13.1. The van der Waals surface area contributed by atoms with Gasteiger partial charge in [-0.3, -0.25) is 14.3 Å². The number of nitrogens with one attached hydrogen (secondary N) is 3. The number of aromatic amines is 1. The number of halogens is 1. The Morgan fingerprint density at radius 3 is 2.39 bits per heavy atom. The number of sulfonamides is 1. The Hall–Kier alpha value is -6.65. The molecule has 0 spiro atoms. The molecule has 17 nitrogen and oxygen atoms in total. The Kier molecular flexibility index (Phi) is 15.3. The third-order valence-electron chi connectivity index (χ3n) is 13.2. The number of hydrogen-bond donors (Lipinski definition) is 3. The molecule has 1 saturated carbocycles. The number of nitrogens with zero attached hydrogens (tertiary/aromatic N) is 5. The quantitative estimate of drug-likeness (QED) is 0.0613. The van der Waals surface area contributed by atoms with Gasteiger partial charge >= 0.3 is 0 Å². The summed E-state index contributed by atoms with van der Waals surface area (Å²) < 4.78 is 59.7. The number of nitriles is 1. The van der Waals surface area contributed by atoms with Crippen LogP contribution >= 0.6 is 11.6 Å². The van der Waals surface area contributed by atoms with Gasteiger partial charge in [-0.25, -0.2) is 18.4 Å². The number of ether oxygens (including phenoxy) is 5. The third-order valence-corrected chi connectivity index (χ3v) is 14.8. The van der Waals surface area contributed by atoms with Gasteiger partial charge in [-0.2, -0.15) is 5.26 Å². The number of fused-ring (bicyclic) bond motifs is 1. The Morgan fingerprint density at radius 1 is 0.930 bits per heavy atom. The van der Waals surface area contributed by atoms with Crippen molar-refractivity contribution in [2.45, 2.75) is 72.1 Å². The fourth-order valence-corrected chi connectivity index (χ4v) is 10.6. The molecule has 2 fully saturated rings. The van der Waals surface area contributed by atoms with E-state index in [9.17, 15) is 23.3 Å². The molecule has 1 aliphatic heterocycles. The predicted molar refractivity (Wildman–Crippen MR) is 272 cm³/mol. The van der Waals surface area contributed by atoms with Crippen molar-refractivity contribution in [3.05, 3.63) is 118 Å². The highest BCUT2D eigenvalue weighted by atomic mass is 35.5. The second-order valence-corrected chi connectivity index (χ2v) is 21.4. The molecule has 1 saturated heterocycles. The van der Waals surface area contributed by atoms with Crippen molar-refractivity contribution in [1.29, 1.82) is 5.26 Å². The number of aromatic nitrogens is 4. The van der Waals surface area contributed by atoms with Gasteiger partial charge in [-0.05, 0) is 68.3 Å². The number of anilines is 2. The van der Waals surface area contributed by atoms with Crippen molar-refractivity contribution < 1.29 is 36.9 Å². The lowest BCUT2D eigenvalue weighted by molar-refractivity contribution is -0.164. The second-order valence-electron chi connectivity index (χ2n) is 19.0. The van der Waals surface area contributed by atoms with Crippen LogP contribution in [0.1, 0.15) is 69.8 Å². The molecule has 0 atom stereocenters. The molecular weight excluding hydrogens is 948 g/mol. The molecule has 0 bridgehead atoms. The monoisotopic (exact) mass is 1010 g/mol. The molecule has 0 radical (unpaired) electrons. The van der Waals surface area contributed by atoms with Gasteiger partial charge in [-0.1, -0.05) is 45.4 Å². The molecular formula is C52H59ClN8O9S. The third kappa shape index (κ3) is 11.4. The van der Waals surface area contributed by atoms with Crippen LogP contribution in [-0.4, -0.2) is 97.4 Å². The van der Waals surface area contributed by atoms with Gasteiger partial charge in [0.1, 0.15) is 40.7 Å². The van der Waals surface area contributed by atoms with E-state index < -0.39 is 20.9 Å². The van der Waals surface area contributed by atoms with Crippen LogP contribution in [0.5, 0.6) is 23.0 Å². The molecule has 374 valence electrons. The number of H-pyrrole nitrogens is 1. The minimum atomic E-state index is -3.55.